The third-order valence-corrected chi connectivity index (χ3v) is 6.84. The first-order chi connectivity index (χ1) is 16.5. The van der Waals surface area contributed by atoms with E-state index < -0.39 is 11.7 Å². The summed E-state index contributed by atoms with van der Waals surface area (Å²) in [6.45, 7) is 5.64. The average molecular weight is 532 g/mol. The molecule has 0 saturated carbocycles. The summed E-state index contributed by atoms with van der Waals surface area (Å²) in [5, 5.41) is 4.26. The van der Waals surface area contributed by atoms with Crippen molar-refractivity contribution in [3.8, 4) is 0 Å². The van der Waals surface area contributed by atoms with Crippen molar-refractivity contribution in [3.63, 3.8) is 0 Å². The molecule has 1 heterocycles. The Hall–Kier alpha value is -2.00. The van der Waals surface area contributed by atoms with Crippen molar-refractivity contribution in [2.45, 2.75) is 45.1 Å². The Kier molecular flexibility index (Phi) is 9.32. The van der Waals surface area contributed by atoms with E-state index in [1.807, 2.05) is 17.9 Å². The van der Waals surface area contributed by atoms with Crippen LogP contribution >= 0.6 is 23.2 Å². The Balaban J connectivity index is 1.67. The summed E-state index contributed by atoms with van der Waals surface area (Å²) in [5.74, 6) is 0.0206. The summed E-state index contributed by atoms with van der Waals surface area (Å²) < 4.78 is 45.4. The van der Waals surface area contributed by atoms with Gasteiger partial charge in [0.05, 0.1) is 5.56 Å². The van der Waals surface area contributed by atoms with Gasteiger partial charge in [0, 0.05) is 61.5 Å². The minimum atomic E-state index is -4.43. The van der Waals surface area contributed by atoms with Crippen molar-refractivity contribution in [2.75, 3.05) is 38.2 Å². The molecule has 0 spiro atoms. The Morgan fingerprint density at radius 1 is 1.09 bits per heavy atom. The van der Waals surface area contributed by atoms with Gasteiger partial charge in [-0.1, -0.05) is 29.3 Å². The first-order valence-corrected chi connectivity index (χ1v) is 12.2. The Labute approximate surface area is 214 Å². The number of nitrogens with zero attached hydrogens (tertiary/aromatic N) is 2. The minimum Gasteiger partial charge on any atom is -0.368 e. The monoisotopic (exact) mass is 531 g/mol. The Bertz CT molecular complexity index is 1030. The number of aryl methyl sites for hydroxylation is 1. The number of piperazine rings is 1. The van der Waals surface area contributed by atoms with Crippen molar-refractivity contribution >= 4 is 34.8 Å². The molecule has 2 atom stereocenters. The molecule has 2 aromatic rings. The number of carbonyl (C=O) groups excluding carboxylic acids is 1. The van der Waals surface area contributed by atoms with Crippen LogP contribution < -0.4 is 10.2 Å². The van der Waals surface area contributed by atoms with Crippen LogP contribution in [-0.2, 0) is 22.1 Å². The van der Waals surface area contributed by atoms with Crippen LogP contribution in [-0.4, -0.2) is 50.3 Å². The van der Waals surface area contributed by atoms with E-state index >= 15 is 0 Å². The van der Waals surface area contributed by atoms with E-state index in [9.17, 15) is 18.0 Å². The molecular formula is C25H30Cl2F3N3O2. The normalized spacial score (nSPS) is 16.3. The maximum atomic E-state index is 13.4. The third kappa shape index (κ3) is 7.26. The fourth-order valence-corrected chi connectivity index (χ4v) is 4.70. The summed E-state index contributed by atoms with van der Waals surface area (Å²) in [5.41, 5.74) is 1.44. The van der Waals surface area contributed by atoms with E-state index in [2.05, 4.69) is 5.32 Å². The Morgan fingerprint density at radius 2 is 1.77 bits per heavy atom. The van der Waals surface area contributed by atoms with Crippen LogP contribution in [0.1, 0.15) is 43.0 Å². The van der Waals surface area contributed by atoms with E-state index in [1.54, 1.807) is 24.0 Å². The molecule has 2 aromatic carbocycles. The molecular weight excluding hydrogens is 502 g/mol. The number of benzene rings is 2. The van der Waals surface area contributed by atoms with Crippen molar-refractivity contribution in [2.24, 2.45) is 0 Å². The molecule has 1 aliphatic rings. The molecule has 0 bridgehead atoms. The smallest absolute Gasteiger partial charge is 0.368 e. The number of halogens is 5. The molecule has 1 saturated heterocycles. The van der Waals surface area contributed by atoms with Crippen molar-refractivity contribution in [3.05, 3.63) is 63.1 Å². The van der Waals surface area contributed by atoms with Crippen LogP contribution in [0.15, 0.2) is 36.4 Å². The summed E-state index contributed by atoms with van der Waals surface area (Å²) in [7, 11) is 1.54. The largest absolute Gasteiger partial charge is 0.416 e. The second-order valence-corrected chi connectivity index (χ2v) is 9.48. The summed E-state index contributed by atoms with van der Waals surface area (Å²) in [6, 6.07) is 8.69. The third-order valence-electron chi connectivity index (χ3n) is 6.26. The Morgan fingerprint density at radius 3 is 2.37 bits per heavy atom. The maximum Gasteiger partial charge on any atom is 0.416 e. The molecule has 3 rings (SSSR count). The van der Waals surface area contributed by atoms with Gasteiger partial charge in [-0.2, -0.15) is 13.2 Å². The highest BCUT2D eigenvalue weighted by molar-refractivity contribution is 6.35. The summed E-state index contributed by atoms with van der Waals surface area (Å²) >= 11 is 12.1. The first kappa shape index (κ1) is 27.6. The second-order valence-electron chi connectivity index (χ2n) is 8.64. The fraction of sp³-hybridized carbons (Fsp3) is 0.480. The van der Waals surface area contributed by atoms with Gasteiger partial charge in [0.15, 0.2) is 0 Å². The number of nitrogens with one attached hydrogen (secondary N) is 1. The lowest BCUT2D eigenvalue weighted by atomic mass is 10.0. The molecule has 1 fully saturated rings. The molecule has 35 heavy (non-hydrogen) atoms. The van der Waals surface area contributed by atoms with Gasteiger partial charge in [-0.3, -0.25) is 10.1 Å². The molecule has 0 aliphatic carbocycles. The zero-order chi connectivity index (χ0) is 25.8. The molecule has 1 N–H and O–H groups in total. The molecule has 10 heteroatoms. The van der Waals surface area contributed by atoms with Crippen molar-refractivity contribution in [1.82, 2.24) is 10.2 Å². The van der Waals surface area contributed by atoms with Gasteiger partial charge in [0.1, 0.15) is 6.23 Å². The van der Waals surface area contributed by atoms with Gasteiger partial charge in [0.25, 0.3) is 0 Å². The number of methoxy groups -OCH3 is 1. The van der Waals surface area contributed by atoms with E-state index in [1.165, 1.54) is 19.2 Å². The van der Waals surface area contributed by atoms with Crippen LogP contribution in [0.5, 0.6) is 0 Å². The predicted molar refractivity (Wildman–Crippen MR) is 133 cm³/mol. The highest BCUT2D eigenvalue weighted by Gasteiger charge is 2.33. The molecule has 1 aliphatic heterocycles. The fourth-order valence-electron chi connectivity index (χ4n) is 4.20. The van der Waals surface area contributed by atoms with Crippen LogP contribution in [0.25, 0.3) is 0 Å². The molecule has 5 nitrogen and oxygen atoms in total. The van der Waals surface area contributed by atoms with E-state index in [-0.39, 0.29) is 18.2 Å². The number of hydrogen-bond donors (Lipinski definition) is 1. The number of carbonyl (C=O) groups is 1. The van der Waals surface area contributed by atoms with Crippen LogP contribution in [0.4, 0.5) is 18.9 Å². The molecule has 2 unspecified atom stereocenters. The number of alkyl halides is 3. The van der Waals surface area contributed by atoms with E-state index in [0.29, 0.717) is 54.6 Å². The highest BCUT2D eigenvalue weighted by atomic mass is 35.5. The van der Waals surface area contributed by atoms with Crippen LogP contribution in [0.2, 0.25) is 10.0 Å². The van der Waals surface area contributed by atoms with E-state index in [0.717, 1.165) is 17.3 Å². The van der Waals surface area contributed by atoms with Gasteiger partial charge in [-0.05, 0) is 61.7 Å². The van der Waals surface area contributed by atoms with Crippen LogP contribution in [0, 0.1) is 0 Å². The lowest BCUT2D eigenvalue weighted by molar-refractivity contribution is -0.137. The highest BCUT2D eigenvalue weighted by Crippen LogP contribution is 2.36. The van der Waals surface area contributed by atoms with Crippen molar-refractivity contribution in [1.29, 1.82) is 0 Å². The average Bonchev–Trinajstić information content (AvgIpc) is 2.82. The van der Waals surface area contributed by atoms with Gasteiger partial charge >= 0.3 is 6.18 Å². The number of rotatable bonds is 8. The summed E-state index contributed by atoms with van der Waals surface area (Å²) in [4.78, 5) is 16.6. The predicted octanol–water partition coefficient (Wildman–Crippen LogP) is 5.94. The van der Waals surface area contributed by atoms with Gasteiger partial charge in [0.2, 0.25) is 5.91 Å². The first-order valence-electron chi connectivity index (χ1n) is 11.5. The molecule has 0 aromatic heterocycles. The van der Waals surface area contributed by atoms with Crippen LogP contribution in [0.3, 0.4) is 0 Å². The van der Waals surface area contributed by atoms with Gasteiger partial charge < -0.3 is 14.5 Å². The van der Waals surface area contributed by atoms with Gasteiger partial charge in [-0.25, -0.2) is 0 Å². The zero-order valence-corrected chi connectivity index (χ0v) is 21.5. The quantitative estimate of drug-likeness (QED) is 0.428. The standard InChI is InChI=1S/C25H30Cl2F3N3O2/c1-16(31-17(2)35-3)21-14-19(25(28,29)30)6-8-23(21)32-10-12-33(13-11-32)24(34)9-5-18-4-7-20(26)15-22(18)27/h4,6-8,14-17,31H,5,9-13H2,1-3H3. The van der Waals surface area contributed by atoms with E-state index in [4.69, 9.17) is 27.9 Å². The number of hydrogen-bond acceptors (Lipinski definition) is 4. The number of ether oxygens (including phenoxy) is 1. The number of amides is 1. The van der Waals surface area contributed by atoms with Crippen molar-refractivity contribution < 1.29 is 22.7 Å². The molecule has 192 valence electrons. The molecule has 1 amide bonds. The van der Waals surface area contributed by atoms with Gasteiger partial charge in [-0.15, -0.1) is 0 Å². The number of anilines is 1. The summed E-state index contributed by atoms with van der Waals surface area (Å²) in [6.07, 6.45) is -3.92. The topological polar surface area (TPSA) is 44.8 Å². The second kappa shape index (κ2) is 11.8. The zero-order valence-electron chi connectivity index (χ0n) is 20.0. The minimum absolute atomic E-state index is 0.0206. The molecule has 0 radical (unpaired) electrons. The maximum absolute atomic E-state index is 13.4. The SMILES string of the molecule is COC(C)NC(C)c1cc(C(F)(F)F)ccc1N1CCN(C(=O)CCc2ccc(Cl)cc2Cl)CC1. The lowest BCUT2D eigenvalue weighted by Gasteiger charge is -2.38. The lowest BCUT2D eigenvalue weighted by Crippen LogP contribution is -2.49.